The van der Waals surface area contributed by atoms with Gasteiger partial charge in [-0.3, -0.25) is 9.89 Å². The molecule has 1 aromatic rings. The van der Waals surface area contributed by atoms with Crippen LogP contribution < -0.4 is 5.32 Å². The van der Waals surface area contributed by atoms with Gasteiger partial charge in [0.25, 0.3) is 0 Å². The van der Waals surface area contributed by atoms with Gasteiger partial charge in [0.15, 0.2) is 5.96 Å². The quantitative estimate of drug-likeness (QED) is 0.580. The molecule has 0 radical (unpaired) electrons. The largest absolute Gasteiger partial charge is 0.381 e. The highest BCUT2D eigenvalue weighted by Crippen LogP contribution is 2.38. The molecule has 3 saturated heterocycles. The van der Waals surface area contributed by atoms with E-state index in [-0.39, 0.29) is 17.3 Å². The zero-order valence-corrected chi connectivity index (χ0v) is 18.1. The third-order valence-electron chi connectivity index (χ3n) is 6.59. The maximum absolute atomic E-state index is 14.7. The van der Waals surface area contributed by atoms with E-state index in [1.54, 1.807) is 12.1 Å². The van der Waals surface area contributed by atoms with E-state index < -0.39 is 0 Å². The number of benzene rings is 1. The van der Waals surface area contributed by atoms with Crippen molar-refractivity contribution in [3.8, 4) is 0 Å². The molecule has 3 aliphatic rings. The summed E-state index contributed by atoms with van der Waals surface area (Å²) in [6, 6.07) is 4.82. The molecule has 29 heavy (non-hydrogen) atoms. The van der Waals surface area contributed by atoms with Crippen molar-refractivity contribution in [3.63, 3.8) is 0 Å². The molecule has 0 saturated carbocycles. The van der Waals surface area contributed by atoms with Crippen molar-refractivity contribution in [2.24, 2.45) is 10.4 Å². The van der Waals surface area contributed by atoms with E-state index in [1.165, 1.54) is 6.07 Å². The van der Waals surface area contributed by atoms with Crippen molar-refractivity contribution in [2.45, 2.75) is 38.6 Å². The van der Waals surface area contributed by atoms with Crippen LogP contribution in [-0.4, -0.2) is 68.2 Å². The van der Waals surface area contributed by atoms with Gasteiger partial charge >= 0.3 is 0 Å². The van der Waals surface area contributed by atoms with Gasteiger partial charge in [0, 0.05) is 42.2 Å². The predicted molar refractivity (Wildman–Crippen MR) is 115 cm³/mol. The van der Waals surface area contributed by atoms with Crippen molar-refractivity contribution in [1.82, 2.24) is 15.1 Å². The molecule has 0 aliphatic carbocycles. The summed E-state index contributed by atoms with van der Waals surface area (Å²) in [6.07, 6.45) is 4.55. The zero-order valence-electron chi connectivity index (χ0n) is 17.3. The Hall–Kier alpha value is -1.37. The van der Waals surface area contributed by atoms with Crippen LogP contribution >= 0.6 is 11.6 Å². The number of nitrogens with one attached hydrogen (secondary N) is 1. The van der Waals surface area contributed by atoms with Crippen LogP contribution in [0, 0.1) is 11.2 Å². The van der Waals surface area contributed by atoms with Gasteiger partial charge in [0.1, 0.15) is 5.82 Å². The second-order valence-electron chi connectivity index (χ2n) is 8.56. The third-order valence-corrected chi connectivity index (χ3v) is 6.92. The van der Waals surface area contributed by atoms with E-state index in [0.717, 1.165) is 77.6 Å². The Morgan fingerprint density at radius 3 is 2.83 bits per heavy atom. The topological polar surface area (TPSA) is 40.1 Å². The van der Waals surface area contributed by atoms with E-state index in [9.17, 15) is 4.39 Å². The second-order valence-corrected chi connectivity index (χ2v) is 8.97. The van der Waals surface area contributed by atoms with Gasteiger partial charge in [-0.2, -0.15) is 0 Å². The van der Waals surface area contributed by atoms with Crippen LogP contribution in [0.1, 0.15) is 44.2 Å². The fraction of sp³-hybridized carbons (Fsp3) is 0.682. The molecule has 1 N–H and O–H groups in total. The number of aliphatic imine (C=N–C) groups is 1. The molecule has 2 unspecified atom stereocenters. The van der Waals surface area contributed by atoms with Gasteiger partial charge in [0.2, 0.25) is 0 Å². The fourth-order valence-electron chi connectivity index (χ4n) is 4.96. The van der Waals surface area contributed by atoms with Crippen LogP contribution in [0.5, 0.6) is 0 Å². The summed E-state index contributed by atoms with van der Waals surface area (Å²) in [5.74, 6) is 0.686. The van der Waals surface area contributed by atoms with E-state index in [1.807, 2.05) is 0 Å². The Labute approximate surface area is 178 Å². The highest BCUT2D eigenvalue weighted by atomic mass is 35.5. The van der Waals surface area contributed by atoms with Crippen molar-refractivity contribution < 1.29 is 9.13 Å². The summed E-state index contributed by atoms with van der Waals surface area (Å²) < 4.78 is 20.4. The first-order valence-corrected chi connectivity index (χ1v) is 11.3. The van der Waals surface area contributed by atoms with Gasteiger partial charge in [-0.05, 0) is 57.8 Å². The van der Waals surface area contributed by atoms with Crippen LogP contribution in [0.15, 0.2) is 23.2 Å². The van der Waals surface area contributed by atoms with Crippen molar-refractivity contribution >= 4 is 17.6 Å². The highest BCUT2D eigenvalue weighted by Gasteiger charge is 2.42. The lowest BCUT2D eigenvalue weighted by atomic mass is 9.87. The maximum atomic E-state index is 14.7. The molecule has 5 nitrogen and oxygen atoms in total. The predicted octanol–water partition coefficient (Wildman–Crippen LogP) is 3.69. The third kappa shape index (κ3) is 4.54. The lowest BCUT2D eigenvalue weighted by Gasteiger charge is -2.29. The molecule has 0 bridgehead atoms. The Morgan fingerprint density at radius 2 is 2.14 bits per heavy atom. The number of hydrogen-bond donors (Lipinski definition) is 1. The van der Waals surface area contributed by atoms with E-state index in [0.29, 0.717) is 17.1 Å². The number of guanidine groups is 1. The molecule has 3 fully saturated rings. The van der Waals surface area contributed by atoms with Gasteiger partial charge in [-0.1, -0.05) is 17.7 Å². The summed E-state index contributed by atoms with van der Waals surface area (Å²) in [7, 11) is 0. The Balaban J connectivity index is 1.56. The van der Waals surface area contributed by atoms with E-state index >= 15 is 0 Å². The second kappa shape index (κ2) is 9.19. The summed E-state index contributed by atoms with van der Waals surface area (Å²) in [6.45, 7) is 9.02. The molecule has 3 aliphatic heterocycles. The SMILES string of the molecule is CCNC(=NCC(c1c(F)cccc1Cl)N1CCCC1)N1CCC2(CCOC2)C1. The standard InChI is InChI=1S/C22H32ClFN4O/c1-2-25-21(28-12-8-22(15-28)9-13-29-16-22)26-14-19(27-10-3-4-11-27)20-17(23)6-5-7-18(20)24/h5-7,19H,2-4,8-16H2,1H3,(H,25,26). The van der Waals surface area contributed by atoms with Gasteiger partial charge in [-0.15, -0.1) is 0 Å². The van der Waals surface area contributed by atoms with Crippen molar-refractivity contribution in [3.05, 3.63) is 34.6 Å². The van der Waals surface area contributed by atoms with Crippen LogP contribution in [0.2, 0.25) is 5.02 Å². The highest BCUT2D eigenvalue weighted by molar-refractivity contribution is 6.31. The number of halogens is 2. The van der Waals surface area contributed by atoms with E-state index in [2.05, 4.69) is 22.0 Å². The van der Waals surface area contributed by atoms with Gasteiger partial charge < -0.3 is 15.0 Å². The molecular weight excluding hydrogens is 391 g/mol. The molecule has 2 atom stereocenters. The molecular formula is C22H32ClFN4O. The van der Waals surface area contributed by atoms with Crippen LogP contribution in [0.25, 0.3) is 0 Å². The number of nitrogens with zero attached hydrogens (tertiary/aromatic N) is 3. The average Bonchev–Trinajstić information content (AvgIpc) is 3.47. The minimum Gasteiger partial charge on any atom is -0.381 e. The number of rotatable bonds is 5. The Bertz CT molecular complexity index is 711. The molecule has 0 aromatic heterocycles. The molecule has 7 heteroatoms. The number of hydrogen-bond acceptors (Lipinski definition) is 3. The summed E-state index contributed by atoms with van der Waals surface area (Å²) in [4.78, 5) is 9.65. The molecule has 1 aromatic carbocycles. The minimum absolute atomic E-state index is 0.133. The lowest BCUT2D eigenvalue weighted by molar-refractivity contribution is 0.156. The number of likely N-dealkylation sites (tertiary alicyclic amines) is 2. The smallest absolute Gasteiger partial charge is 0.194 e. The molecule has 160 valence electrons. The monoisotopic (exact) mass is 422 g/mol. The molecule has 1 spiro atoms. The molecule has 4 rings (SSSR count). The van der Waals surface area contributed by atoms with Crippen molar-refractivity contribution in [1.29, 1.82) is 0 Å². The molecule has 0 amide bonds. The van der Waals surface area contributed by atoms with Crippen LogP contribution in [0.3, 0.4) is 0 Å². The minimum atomic E-state index is -0.238. The maximum Gasteiger partial charge on any atom is 0.194 e. The van der Waals surface area contributed by atoms with Crippen molar-refractivity contribution in [2.75, 3.05) is 52.5 Å². The Morgan fingerprint density at radius 1 is 1.31 bits per heavy atom. The van der Waals surface area contributed by atoms with Crippen LogP contribution in [0.4, 0.5) is 4.39 Å². The normalized spacial score (nSPS) is 26.6. The zero-order chi connectivity index (χ0) is 20.3. The lowest BCUT2D eigenvalue weighted by Crippen LogP contribution is -2.42. The average molecular weight is 423 g/mol. The molecule has 3 heterocycles. The summed E-state index contributed by atoms with van der Waals surface area (Å²) in [5.41, 5.74) is 0.858. The fourth-order valence-corrected chi connectivity index (χ4v) is 5.25. The first-order chi connectivity index (χ1) is 14.1. The Kier molecular flexibility index (Phi) is 6.62. The summed E-state index contributed by atoms with van der Waals surface area (Å²) in [5, 5.41) is 3.94. The van der Waals surface area contributed by atoms with E-state index in [4.69, 9.17) is 21.3 Å². The van der Waals surface area contributed by atoms with Crippen LogP contribution in [-0.2, 0) is 4.74 Å². The number of ether oxygens (including phenoxy) is 1. The first-order valence-electron chi connectivity index (χ1n) is 10.9. The van der Waals surface area contributed by atoms with Gasteiger partial charge in [-0.25, -0.2) is 4.39 Å². The van der Waals surface area contributed by atoms with Gasteiger partial charge in [0.05, 0.1) is 19.2 Å². The summed E-state index contributed by atoms with van der Waals surface area (Å²) >= 11 is 6.43. The first kappa shape index (κ1) is 20.9.